The number of anilines is 1. The molecule has 1 rings (SSSR count). The largest absolute Gasteiger partial charge is 0.320 e. The molecular weight excluding hydrogens is 236 g/mol. The Hall–Kier alpha value is -1.01. The van der Waals surface area contributed by atoms with Crippen LogP contribution in [0, 0.1) is 5.92 Å². The van der Waals surface area contributed by atoms with Gasteiger partial charge in [0.15, 0.2) is 0 Å². The smallest absolute Gasteiger partial charge is 0.243 e. The highest BCUT2D eigenvalue weighted by molar-refractivity contribution is 7.15. The Labute approximate surface area is 106 Å². The molecule has 0 saturated carbocycles. The predicted octanol–water partition coefficient (Wildman–Crippen LogP) is 1.80. The SMILES string of the molecule is CCCC(N)C(=O)Nc1nnc(CC(C)C)s1. The summed E-state index contributed by atoms with van der Waals surface area (Å²) in [6.45, 7) is 6.24. The lowest BCUT2D eigenvalue weighted by molar-refractivity contribution is -0.117. The van der Waals surface area contributed by atoms with Crippen LogP contribution in [0.5, 0.6) is 0 Å². The van der Waals surface area contributed by atoms with Crippen molar-refractivity contribution in [3.8, 4) is 0 Å². The summed E-state index contributed by atoms with van der Waals surface area (Å²) in [6, 6.07) is -0.461. The van der Waals surface area contributed by atoms with Gasteiger partial charge in [-0.15, -0.1) is 10.2 Å². The number of carbonyl (C=O) groups excluding carboxylic acids is 1. The molecular formula is C11H20N4OS. The Morgan fingerprint density at radius 2 is 2.18 bits per heavy atom. The third-order valence-electron chi connectivity index (χ3n) is 2.22. The van der Waals surface area contributed by atoms with Crippen LogP contribution < -0.4 is 11.1 Å². The molecule has 0 aliphatic rings. The zero-order valence-electron chi connectivity index (χ0n) is 10.6. The van der Waals surface area contributed by atoms with Gasteiger partial charge in [0.2, 0.25) is 11.0 Å². The van der Waals surface area contributed by atoms with Crippen molar-refractivity contribution in [3.63, 3.8) is 0 Å². The number of hydrogen-bond acceptors (Lipinski definition) is 5. The van der Waals surface area contributed by atoms with E-state index in [1.807, 2.05) is 6.92 Å². The molecule has 0 saturated heterocycles. The summed E-state index contributed by atoms with van der Waals surface area (Å²) < 4.78 is 0. The second-order valence-corrected chi connectivity index (χ2v) is 5.55. The van der Waals surface area contributed by atoms with Gasteiger partial charge in [-0.1, -0.05) is 38.5 Å². The molecule has 0 spiro atoms. The number of hydrogen-bond donors (Lipinski definition) is 2. The van der Waals surface area contributed by atoms with Gasteiger partial charge in [-0.3, -0.25) is 10.1 Å². The third-order valence-corrected chi connectivity index (χ3v) is 3.08. The quantitative estimate of drug-likeness (QED) is 0.813. The molecule has 0 aromatic carbocycles. The van der Waals surface area contributed by atoms with Crippen LogP contribution in [0.4, 0.5) is 5.13 Å². The summed E-state index contributed by atoms with van der Waals surface area (Å²) in [6.07, 6.45) is 2.46. The average Bonchev–Trinajstić information content (AvgIpc) is 2.64. The predicted molar refractivity (Wildman–Crippen MR) is 70.0 cm³/mol. The van der Waals surface area contributed by atoms with E-state index in [1.165, 1.54) is 11.3 Å². The van der Waals surface area contributed by atoms with Crippen LogP contribution in [0.2, 0.25) is 0 Å². The fraction of sp³-hybridized carbons (Fsp3) is 0.727. The van der Waals surface area contributed by atoms with Gasteiger partial charge < -0.3 is 5.73 Å². The van der Waals surface area contributed by atoms with Crippen molar-refractivity contribution in [2.24, 2.45) is 11.7 Å². The zero-order valence-corrected chi connectivity index (χ0v) is 11.4. The van der Waals surface area contributed by atoms with Crippen LogP contribution in [0.1, 0.15) is 38.6 Å². The second-order valence-electron chi connectivity index (χ2n) is 4.48. The van der Waals surface area contributed by atoms with Crippen molar-refractivity contribution in [2.45, 2.75) is 46.1 Å². The molecule has 1 heterocycles. The fourth-order valence-electron chi connectivity index (χ4n) is 1.38. The Morgan fingerprint density at radius 3 is 2.76 bits per heavy atom. The van der Waals surface area contributed by atoms with E-state index in [0.717, 1.165) is 17.8 Å². The van der Waals surface area contributed by atoms with Crippen molar-refractivity contribution in [3.05, 3.63) is 5.01 Å². The van der Waals surface area contributed by atoms with Crippen molar-refractivity contribution in [1.29, 1.82) is 0 Å². The van der Waals surface area contributed by atoms with Crippen LogP contribution in [0.15, 0.2) is 0 Å². The van der Waals surface area contributed by atoms with Gasteiger partial charge >= 0.3 is 0 Å². The lowest BCUT2D eigenvalue weighted by Gasteiger charge is -2.08. The number of carbonyl (C=O) groups is 1. The van der Waals surface area contributed by atoms with Gasteiger partial charge in [0.1, 0.15) is 5.01 Å². The summed E-state index contributed by atoms with van der Waals surface area (Å²) in [5, 5.41) is 12.1. The summed E-state index contributed by atoms with van der Waals surface area (Å²) >= 11 is 1.42. The number of nitrogens with one attached hydrogen (secondary N) is 1. The van der Waals surface area contributed by atoms with E-state index in [4.69, 9.17) is 5.73 Å². The van der Waals surface area contributed by atoms with E-state index in [1.54, 1.807) is 0 Å². The number of rotatable bonds is 6. The van der Waals surface area contributed by atoms with E-state index in [2.05, 4.69) is 29.4 Å². The van der Waals surface area contributed by atoms with Crippen molar-refractivity contribution in [1.82, 2.24) is 10.2 Å². The minimum atomic E-state index is -0.461. The average molecular weight is 256 g/mol. The summed E-state index contributed by atoms with van der Waals surface area (Å²) in [7, 11) is 0. The molecule has 0 aliphatic heterocycles. The summed E-state index contributed by atoms with van der Waals surface area (Å²) in [4.78, 5) is 11.6. The van der Waals surface area contributed by atoms with Crippen LogP contribution in [-0.4, -0.2) is 22.1 Å². The molecule has 5 nitrogen and oxygen atoms in total. The Balaban J connectivity index is 2.51. The van der Waals surface area contributed by atoms with Gasteiger partial charge in [-0.25, -0.2) is 0 Å². The molecule has 1 aromatic heterocycles. The maximum absolute atomic E-state index is 11.6. The van der Waals surface area contributed by atoms with Crippen molar-refractivity contribution < 1.29 is 4.79 Å². The lowest BCUT2D eigenvalue weighted by Crippen LogP contribution is -2.35. The Bertz CT molecular complexity index is 364. The third kappa shape index (κ3) is 4.79. The first kappa shape index (κ1) is 14.1. The van der Waals surface area contributed by atoms with Crippen LogP contribution in [0.3, 0.4) is 0 Å². The van der Waals surface area contributed by atoms with Crippen molar-refractivity contribution >= 4 is 22.4 Å². The van der Waals surface area contributed by atoms with E-state index in [9.17, 15) is 4.79 Å². The minimum Gasteiger partial charge on any atom is -0.320 e. The molecule has 0 aliphatic carbocycles. The molecule has 1 aromatic rings. The lowest BCUT2D eigenvalue weighted by atomic mass is 10.1. The van der Waals surface area contributed by atoms with E-state index in [0.29, 0.717) is 17.5 Å². The van der Waals surface area contributed by atoms with Gasteiger partial charge in [0, 0.05) is 6.42 Å². The Morgan fingerprint density at radius 1 is 1.47 bits per heavy atom. The molecule has 17 heavy (non-hydrogen) atoms. The van der Waals surface area contributed by atoms with E-state index < -0.39 is 6.04 Å². The highest BCUT2D eigenvalue weighted by Crippen LogP contribution is 2.18. The van der Waals surface area contributed by atoms with Gasteiger partial charge in [-0.05, 0) is 12.3 Å². The summed E-state index contributed by atoms with van der Waals surface area (Å²) in [5.41, 5.74) is 5.71. The molecule has 0 radical (unpaired) electrons. The monoisotopic (exact) mass is 256 g/mol. The molecule has 0 fully saturated rings. The van der Waals surface area contributed by atoms with Gasteiger partial charge in [-0.2, -0.15) is 0 Å². The molecule has 1 atom stereocenters. The molecule has 0 bridgehead atoms. The molecule has 1 unspecified atom stereocenters. The van der Waals surface area contributed by atoms with Crippen molar-refractivity contribution in [2.75, 3.05) is 5.32 Å². The molecule has 6 heteroatoms. The minimum absolute atomic E-state index is 0.181. The Kier molecular flexibility index (Phi) is 5.50. The zero-order chi connectivity index (χ0) is 12.8. The normalized spacial score (nSPS) is 12.8. The first-order valence-corrected chi connectivity index (χ1v) is 6.73. The highest BCUT2D eigenvalue weighted by atomic mass is 32.1. The number of amides is 1. The first-order valence-electron chi connectivity index (χ1n) is 5.91. The van der Waals surface area contributed by atoms with Gasteiger partial charge in [0.05, 0.1) is 6.04 Å². The number of aromatic nitrogens is 2. The highest BCUT2D eigenvalue weighted by Gasteiger charge is 2.14. The maximum atomic E-state index is 11.6. The standard InChI is InChI=1S/C11H20N4OS/c1-4-5-8(12)10(16)13-11-15-14-9(17-11)6-7(2)3/h7-8H,4-6,12H2,1-3H3,(H,13,15,16). The molecule has 3 N–H and O–H groups in total. The van der Waals surface area contributed by atoms with E-state index >= 15 is 0 Å². The fourth-order valence-corrected chi connectivity index (χ4v) is 2.33. The van der Waals surface area contributed by atoms with Crippen LogP contribution in [0.25, 0.3) is 0 Å². The number of nitrogens with two attached hydrogens (primary N) is 1. The van der Waals surface area contributed by atoms with E-state index in [-0.39, 0.29) is 5.91 Å². The second kappa shape index (κ2) is 6.66. The topological polar surface area (TPSA) is 80.9 Å². The first-order chi connectivity index (χ1) is 8.02. The maximum Gasteiger partial charge on any atom is 0.243 e. The summed E-state index contributed by atoms with van der Waals surface area (Å²) in [5.74, 6) is 0.355. The molecule has 1 amide bonds. The van der Waals surface area contributed by atoms with Crippen LogP contribution >= 0.6 is 11.3 Å². The molecule has 96 valence electrons. The number of nitrogens with zero attached hydrogens (tertiary/aromatic N) is 2. The van der Waals surface area contributed by atoms with Gasteiger partial charge in [0.25, 0.3) is 0 Å². The van der Waals surface area contributed by atoms with Crippen LogP contribution in [-0.2, 0) is 11.2 Å².